The zero-order chi connectivity index (χ0) is 30.2. The Morgan fingerprint density at radius 3 is 2.15 bits per heavy atom. The molecule has 0 saturated heterocycles. The van der Waals surface area contributed by atoms with E-state index in [1.807, 2.05) is 44.2 Å². The van der Waals surface area contributed by atoms with E-state index in [0.29, 0.717) is 40.2 Å². The average molecular weight is 621 g/mol. The smallest absolute Gasteiger partial charge is 0.244 e. The number of benzene rings is 3. The number of sulfonamides is 1. The minimum atomic E-state index is -3.86. The SMILES string of the molecule is CC(C)CNC(=O)C(C)N(Cc1ccc(Cl)c(Cl)c1)C(=O)CN(c1ccc(OCc2ccccc2)cc1)S(C)(=O)=O. The largest absolute Gasteiger partial charge is 0.489 e. The lowest BCUT2D eigenvalue weighted by molar-refractivity contribution is -0.139. The normalized spacial score (nSPS) is 12.1. The third-order valence-corrected chi connectivity index (χ3v) is 8.12. The summed E-state index contributed by atoms with van der Waals surface area (Å²) < 4.78 is 32.5. The highest BCUT2D eigenvalue weighted by molar-refractivity contribution is 7.92. The van der Waals surface area contributed by atoms with E-state index in [2.05, 4.69) is 5.32 Å². The van der Waals surface area contributed by atoms with Crippen molar-refractivity contribution >= 4 is 50.7 Å². The summed E-state index contributed by atoms with van der Waals surface area (Å²) in [6, 6.07) is 20.1. The molecule has 0 heterocycles. The number of anilines is 1. The molecule has 0 aliphatic heterocycles. The Balaban J connectivity index is 1.83. The summed E-state index contributed by atoms with van der Waals surface area (Å²) in [4.78, 5) is 28.0. The van der Waals surface area contributed by atoms with E-state index in [1.165, 1.54) is 4.90 Å². The molecular weight excluding hydrogens is 585 g/mol. The van der Waals surface area contributed by atoms with Gasteiger partial charge in [0, 0.05) is 13.1 Å². The van der Waals surface area contributed by atoms with Crippen LogP contribution in [-0.4, -0.2) is 50.5 Å². The number of nitrogens with one attached hydrogen (secondary N) is 1. The Hall–Kier alpha value is -3.27. The van der Waals surface area contributed by atoms with E-state index < -0.39 is 28.5 Å². The van der Waals surface area contributed by atoms with E-state index in [-0.39, 0.29) is 18.4 Å². The summed E-state index contributed by atoms with van der Waals surface area (Å²) in [6.45, 7) is 5.84. The fourth-order valence-corrected chi connectivity index (χ4v) is 5.10. The molecule has 0 bridgehead atoms. The number of hydrogen-bond acceptors (Lipinski definition) is 5. The van der Waals surface area contributed by atoms with Gasteiger partial charge in [0.15, 0.2) is 0 Å². The van der Waals surface area contributed by atoms with Crippen LogP contribution in [0.4, 0.5) is 5.69 Å². The summed E-state index contributed by atoms with van der Waals surface area (Å²) in [5, 5.41) is 3.51. The first-order chi connectivity index (χ1) is 19.3. The van der Waals surface area contributed by atoms with Crippen molar-refractivity contribution in [3.63, 3.8) is 0 Å². The predicted octanol–water partition coefficient (Wildman–Crippen LogP) is 5.53. The lowest BCUT2D eigenvalue weighted by atomic mass is 10.1. The van der Waals surface area contributed by atoms with Crippen LogP contribution in [0.3, 0.4) is 0 Å². The van der Waals surface area contributed by atoms with Gasteiger partial charge in [0.1, 0.15) is 24.9 Å². The minimum absolute atomic E-state index is 0.0237. The predicted molar refractivity (Wildman–Crippen MR) is 164 cm³/mol. The molecule has 3 aromatic carbocycles. The van der Waals surface area contributed by atoms with Crippen LogP contribution in [0.15, 0.2) is 72.8 Å². The fraction of sp³-hybridized carbons (Fsp3) is 0.333. The summed E-state index contributed by atoms with van der Waals surface area (Å²) in [7, 11) is -3.86. The van der Waals surface area contributed by atoms with Gasteiger partial charge < -0.3 is 15.0 Å². The number of amides is 2. The Morgan fingerprint density at radius 1 is 0.902 bits per heavy atom. The third-order valence-electron chi connectivity index (χ3n) is 6.24. The first kappa shape index (κ1) is 32.2. The van der Waals surface area contributed by atoms with Crippen LogP contribution in [0.25, 0.3) is 0 Å². The van der Waals surface area contributed by atoms with Gasteiger partial charge in [-0.2, -0.15) is 0 Å². The molecule has 3 aromatic rings. The highest BCUT2D eigenvalue weighted by Crippen LogP contribution is 2.25. The van der Waals surface area contributed by atoms with E-state index in [9.17, 15) is 18.0 Å². The summed E-state index contributed by atoms with van der Waals surface area (Å²) in [6.07, 6.45) is 1.03. The lowest BCUT2D eigenvalue weighted by Crippen LogP contribution is -2.51. The van der Waals surface area contributed by atoms with Gasteiger partial charge in [-0.15, -0.1) is 0 Å². The molecule has 1 unspecified atom stereocenters. The van der Waals surface area contributed by atoms with Gasteiger partial charge in [-0.3, -0.25) is 13.9 Å². The Bertz CT molecular complexity index is 1430. The molecule has 0 saturated carbocycles. The first-order valence-electron chi connectivity index (χ1n) is 13.1. The molecule has 1 atom stereocenters. The summed E-state index contributed by atoms with van der Waals surface area (Å²) in [5.41, 5.74) is 1.93. The van der Waals surface area contributed by atoms with E-state index in [1.54, 1.807) is 49.4 Å². The standard InChI is InChI=1S/C30H35Cl2N3O5S/c1-21(2)17-33-30(37)22(3)34(18-24-10-15-27(31)28(32)16-24)29(36)19-35(41(4,38)39)25-11-13-26(14-12-25)40-20-23-8-6-5-7-9-23/h5-16,21-22H,17-20H2,1-4H3,(H,33,37). The van der Waals surface area contributed by atoms with Gasteiger partial charge in [-0.05, 0) is 60.4 Å². The second-order valence-corrected chi connectivity index (χ2v) is 12.8. The van der Waals surface area contributed by atoms with Crippen LogP contribution < -0.4 is 14.4 Å². The molecule has 8 nitrogen and oxygen atoms in total. The third kappa shape index (κ3) is 9.66. The van der Waals surface area contributed by atoms with Crippen LogP contribution in [0, 0.1) is 5.92 Å². The number of carbonyl (C=O) groups is 2. The maximum Gasteiger partial charge on any atom is 0.244 e. The molecule has 0 spiro atoms. The fourth-order valence-electron chi connectivity index (χ4n) is 3.93. The molecule has 220 valence electrons. The van der Waals surface area contributed by atoms with Gasteiger partial charge in [-0.25, -0.2) is 8.42 Å². The molecule has 11 heteroatoms. The molecule has 0 radical (unpaired) electrons. The Labute approximate surface area is 252 Å². The van der Waals surface area contributed by atoms with Crippen LogP contribution in [0.1, 0.15) is 31.9 Å². The molecule has 3 rings (SSSR count). The van der Waals surface area contributed by atoms with E-state index >= 15 is 0 Å². The van der Waals surface area contributed by atoms with E-state index in [4.69, 9.17) is 27.9 Å². The molecule has 41 heavy (non-hydrogen) atoms. The van der Waals surface area contributed by atoms with Crippen molar-refractivity contribution in [2.45, 2.75) is 40.0 Å². The zero-order valence-corrected chi connectivity index (χ0v) is 25.8. The van der Waals surface area contributed by atoms with Gasteiger partial charge in [0.25, 0.3) is 0 Å². The van der Waals surface area contributed by atoms with Crippen LogP contribution >= 0.6 is 23.2 Å². The second-order valence-electron chi connectivity index (χ2n) is 10.1. The average Bonchev–Trinajstić information content (AvgIpc) is 2.93. The maximum atomic E-state index is 13.7. The number of hydrogen-bond donors (Lipinski definition) is 1. The van der Waals surface area contributed by atoms with Crippen LogP contribution in [-0.2, 0) is 32.8 Å². The topological polar surface area (TPSA) is 96.0 Å². The van der Waals surface area contributed by atoms with Crippen molar-refractivity contribution in [3.8, 4) is 5.75 Å². The highest BCUT2D eigenvalue weighted by atomic mass is 35.5. The van der Waals surface area contributed by atoms with Gasteiger partial charge >= 0.3 is 0 Å². The molecule has 1 N–H and O–H groups in total. The summed E-state index contributed by atoms with van der Waals surface area (Å²) >= 11 is 12.2. The van der Waals surface area contributed by atoms with Crippen molar-refractivity contribution in [3.05, 3.63) is 94.0 Å². The summed E-state index contributed by atoms with van der Waals surface area (Å²) in [5.74, 6) is -0.143. The van der Waals surface area contributed by atoms with Crippen LogP contribution in [0.2, 0.25) is 10.0 Å². The Kier molecular flexibility index (Phi) is 11.5. The van der Waals surface area contributed by atoms with Crippen LogP contribution in [0.5, 0.6) is 5.75 Å². The van der Waals surface area contributed by atoms with Crippen molar-refractivity contribution in [1.29, 1.82) is 0 Å². The van der Waals surface area contributed by atoms with Crippen molar-refractivity contribution in [2.24, 2.45) is 5.92 Å². The number of carbonyl (C=O) groups excluding carboxylic acids is 2. The van der Waals surface area contributed by atoms with Gasteiger partial charge in [-0.1, -0.05) is 73.4 Å². The molecule has 0 aliphatic rings. The van der Waals surface area contributed by atoms with Crippen molar-refractivity contribution in [2.75, 3.05) is 23.7 Å². The quantitative estimate of drug-likeness (QED) is 0.271. The second kappa shape index (κ2) is 14.6. The molecule has 0 fully saturated rings. The van der Waals surface area contributed by atoms with Crippen molar-refractivity contribution in [1.82, 2.24) is 10.2 Å². The molecule has 0 aliphatic carbocycles. The van der Waals surface area contributed by atoms with E-state index in [0.717, 1.165) is 16.1 Å². The Morgan fingerprint density at radius 2 is 1.56 bits per heavy atom. The molecule has 2 amide bonds. The maximum absolute atomic E-state index is 13.7. The molecular formula is C30H35Cl2N3O5S. The molecule has 0 aromatic heterocycles. The van der Waals surface area contributed by atoms with Gasteiger partial charge in [0.2, 0.25) is 21.8 Å². The zero-order valence-electron chi connectivity index (χ0n) is 23.5. The number of nitrogens with zero attached hydrogens (tertiary/aromatic N) is 2. The number of rotatable bonds is 13. The number of ether oxygens (including phenoxy) is 1. The highest BCUT2D eigenvalue weighted by Gasteiger charge is 2.30. The monoisotopic (exact) mass is 619 g/mol. The van der Waals surface area contributed by atoms with Gasteiger partial charge in [0.05, 0.1) is 22.0 Å². The minimum Gasteiger partial charge on any atom is -0.489 e. The lowest BCUT2D eigenvalue weighted by Gasteiger charge is -2.31. The number of halogens is 2. The first-order valence-corrected chi connectivity index (χ1v) is 15.7. The van der Waals surface area contributed by atoms with Crippen molar-refractivity contribution < 1.29 is 22.7 Å².